The highest BCUT2D eigenvalue weighted by molar-refractivity contribution is 4.92. The SMILES string of the molecule is CCCCC(CCC)N1CC(C(C)C)NCC1C(C)C. The Morgan fingerprint density at radius 1 is 1.00 bits per heavy atom. The van der Waals surface area contributed by atoms with Gasteiger partial charge in [-0.3, -0.25) is 4.90 Å². The van der Waals surface area contributed by atoms with Crippen LogP contribution in [0.3, 0.4) is 0 Å². The molecule has 0 bridgehead atoms. The summed E-state index contributed by atoms with van der Waals surface area (Å²) in [5, 5.41) is 3.79. The maximum absolute atomic E-state index is 3.79. The molecular weight excluding hydrogens is 244 g/mol. The average molecular weight is 283 g/mol. The van der Waals surface area contributed by atoms with E-state index < -0.39 is 0 Å². The van der Waals surface area contributed by atoms with Crippen molar-refractivity contribution in [2.45, 2.75) is 91.8 Å². The third-order valence-corrected chi connectivity index (χ3v) is 4.98. The minimum atomic E-state index is 0.672. The van der Waals surface area contributed by atoms with Crippen molar-refractivity contribution in [1.82, 2.24) is 10.2 Å². The van der Waals surface area contributed by atoms with Gasteiger partial charge in [0.15, 0.2) is 0 Å². The van der Waals surface area contributed by atoms with Crippen LogP contribution in [0.5, 0.6) is 0 Å². The van der Waals surface area contributed by atoms with E-state index in [2.05, 4.69) is 51.8 Å². The lowest BCUT2D eigenvalue weighted by Gasteiger charge is -2.47. The predicted octanol–water partition coefficient (Wildman–Crippen LogP) is 4.30. The van der Waals surface area contributed by atoms with Crippen molar-refractivity contribution in [1.29, 1.82) is 0 Å². The van der Waals surface area contributed by atoms with Crippen LogP contribution in [0.1, 0.15) is 73.6 Å². The third kappa shape index (κ3) is 5.04. The Balaban J connectivity index is 2.78. The van der Waals surface area contributed by atoms with Gasteiger partial charge in [0.05, 0.1) is 0 Å². The fraction of sp³-hybridized carbons (Fsp3) is 1.00. The predicted molar refractivity (Wildman–Crippen MR) is 90.2 cm³/mol. The highest BCUT2D eigenvalue weighted by Crippen LogP contribution is 2.25. The van der Waals surface area contributed by atoms with E-state index in [1.54, 1.807) is 0 Å². The molecule has 3 unspecified atom stereocenters. The molecule has 1 saturated heterocycles. The number of hydrogen-bond acceptors (Lipinski definition) is 2. The van der Waals surface area contributed by atoms with Crippen LogP contribution in [0, 0.1) is 11.8 Å². The topological polar surface area (TPSA) is 15.3 Å². The standard InChI is InChI=1S/C18H38N2/c1-7-9-11-16(10-8-2)20-13-17(14(3)4)19-12-18(20)15(5)6/h14-19H,7-13H2,1-6H3. The molecule has 1 fully saturated rings. The van der Waals surface area contributed by atoms with Crippen molar-refractivity contribution < 1.29 is 0 Å². The number of nitrogens with one attached hydrogen (secondary N) is 1. The Hall–Kier alpha value is -0.0800. The van der Waals surface area contributed by atoms with Crippen LogP contribution >= 0.6 is 0 Å². The van der Waals surface area contributed by atoms with Gasteiger partial charge in [0.25, 0.3) is 0 Å². The van der Waals surface area contributed by atoms with Crippen molar-refractivity contribution in [2.75, 3.05) is 13.1 Å². The van der Waals surface area contributed by atoms with Crippen molar-refractivity contribution in [3.8, 4) is 0 Å². The first-order valence-corrected chi connectivity index (χ1v) is 9.00. The summed E-state index contributed by atoms with van der Waals surface area (Å²) in [5.41, 5.74) is 0. The van der Waals surface area contributed by atoms with Crippen molar-refractivity contribution in [3.05, 3.63) is 0 Å². The zero-order chi connectivity index (χ0) is 15.1. The summed E-state index contributed by atoms with van der Waals surface area (Å²) in [6.07, 6.45) is 6.78. The van der Waals surface area contributed by atoms with Gasteiger partial charge in [0.1, 0.15) is 0 Å². The highest BCUT2D eigenvalue weighted by Gasteiger charge is 2.34. The van der Waals surface area contributed by atoms with E-state index in [4.69, 9.17) is 0 Å². The van der Waals surface area contributed by atoms with Gasteiger partial charge in [-0.25, -0.2) is 0 Å². The van der Waals surface area contributed by atoms with Crippen LogP contribution in [0.4, 0.5) is 0 Å². The summed E-state index contributed by atoms with van der Waals surface area (Å²) in [5.74, 6) is 1.48. The van der Waals surface area contributed by atoms with Gasteiger partial charge in [-0.15, -0.1) is 0 Å². The van der Waals surface area contributed by atoms with Crippen LogP contribution in [0.25, 0.3) is 0 Å². The molecule has 1 heterocycles. The molecule has 1 aliphatic rings. The lowest BCUT2D eigenvalue weighted by molar-refractivity contribution is 0.0372. The van der Waals surface area contributed by atoms with Gasteiger partial charge >= 0.3 is 0 Å². The monoisotopic (exact) mass is 282 g/mol. The molecule has 0 aromatic carbocycles. The summed E-state index contributed by atoms with van der Waals surface area (Å²) in [6.45, 7) is 16.6. The molecule has 1 N–H and O–H groups in total. The van der Waals surface area contributed by atoms with E-state index in [1.807, 2.05) is 0 Å². The first-order chi connectivity index (χ1) is 9.51. The first kappa shape index (κ1) is 18.0. The van der Waals surface area contributed by atoms with E-state index in [0.717, 1.165) is 23.9 Å². The first-order valence-electron chi connectivity index (χ1n) is 9.00. The normalized spacial score (nSPS) is 26.4. The minimum absolute atomic E-state index is 0.672. The number of piperazine rings is 1. The van der Waals surface area contributed by atoms with Gasteiger partial charge in [0.2, 0.25) is 0 Å². The number of hydrogen-bond donors (Lipinski definition) is 1. The molecule has 0 aromatic rings. The molecule has 2 heteroatoms. The molecule has 1 rings (SSSR count). The molecule has 0 spiro atoms. The Labute approximate surface area is 127 Å². The maximum atomic E-state index is 3.79. The average Bonchev–Trinajstić information content (AvgIpc) is 2.42. The molecule has 0 radical (unpaired) electrons. The van der Waals surface area contributed by atoms with E-state index in [-0.39, 0.29) is 0 Å². The van der Waals surface area contributed by atoms with Crippen LogP contribution in [-0.2, 0) is 0 Å². The second-order valence-electron chi connectivity index (χ2n) is 7.35. The summed E-state index contributed by atoms with van der Waals surface area (Å²) >= 11 is 0. The van der Waals surface area contributed by atoms with Crippen molar-refractivity contribution in [2.24, 2.45) is 11.8 Å². The van der Waals surface area contributed by atoms with Gasteiger partial charge in [-0.1, -0.05) is 60.8 Å². The molecule has 0 saturated carbocycles. The Morgan fingerprint density at radius 2 is 1.70 bits per heavy atom. The van der Waals surface area contributed by atoms with Crippen molar-refractivity contribution >= 4 is 0 Å². The molecule has 1 aliphatic heterocycles. The summed E-state index contributed by atoms with van der Waals surface area (Å²) in [6, 6.07) is 2.19. The van der Waals surface area contributed by atoms with E-state index >= 15 is 0 Å². The second-order valence-corrected chi connectivity index (χ2v) is 7.35. The molecular formula is C18H38N2. The van der Waals surface area contributed by atoms with Gasteiger partial charge < -0.3 is 5.32 Å². The molecule has 20 heavy (non-hydrogen) atoms. The second kappa shape index (κ2) is 9.04. The Morgan fingerprint density at radius 3 is 2.20 bits per heavy atom. The Kier molecular flexibility index (Phi) is 8.13. The highest BCUT2D eigenvalue weighted by atomic mass is 15.3. The molecule has 0 amide bonds. The quantitative estimate of drug-likeness (QED) is 0.714. The van der Waals surface area contributed by atoms with Crippen LogP contribution < -0.4 is 5.32 Å². The van der Waals surface area contributed by atoms with Gasteiger partial charge in [-0.05, 0) is 24.7 Å². The van der Waals surface area contributed by atoms with Crippen LogP contribution in [0.15, 0.2) is 0 Å². The van der Waals surface area contributed by atoms with Crippen molar-refractivity contribution in [3.63, 3.8) is 0 Å². The van der Waals surface area contributed by atoms with E-state index in [1.165, 1.54) is 45.2 Å². The zero-order valence-electron chi connectivity index (χ0n) is 14.8. The lowest BCUT2D eigenvalue weighted by atomic mass is 9.90. The van der Waals surface area contributed by atoms with Crippen LogP contribution in [0.2, 0.25) is 0 Å². The smallest absolute Gasteiger partial charge is 0.0247 e. The summed E-state index contributed by atoms with van der Waals surface area (Å²) < 4.78 is 0. The third-order valence-electron chi connectivity index (χ3n) is 4.98. The fourth-order valence-electron chi connectivity index (χ4n) is 3.55. The largest absolute Gasteiger partial charge is 0.311 e. The summed E-state index contributed by atoms with van der Waals surface area (Å²) in [4.78, 5) is 2.87. The fourth-order valence-corrected chi connectivity index (χ4v) is 3.55. The van der Waals surface area contributed by atoms with Gasteiger partial charge in [0, 0.05) is 31.2 Å². The molecule has 120 valence electrons. The molecule has 0 aromatic heterocycles. The maximum Gasteiger partial charge on any atom is 0.0247 e. The molecule has 0 aliphatic carbocycles. The van der Waals surface area contributed by atoms with Crippen LogP contribution in [-0.4, -0.2) is 36.1 Å². The number of unbranched alkanes of at least 4 members (excludes halogenated alkanes) is 1. The molecule has 3 atom stereocenters. The van der Waals surface area contributed by atoms with E-state index in [0.29, 0.717) is 6.04 Å². The summed E-state index contributed by atoms with van der Waals surface area (Å²) in [7, 11) is 0. The zero-order valence-corrected chi connectivity index (χ0v) is 14.8. The van der Waals surface area contributed by atoms with Gasteiger partial charge in [-0.2, -0.15) is 0 Å². The Bertz CT molecular complexity index is 250. The number of rotatable bonds is 8. The number of nitrogens with zero attached hydrogens (tertiary/aromatic N) is 1. The van der Waals surface area contributed by atoms with E-state index in [9.17, 15) is 0 Å². The minimum Gasteiger partial charge on any atom is -0.311 e. The lowest BCUT2D eigenvalue weighted by Crippen LogP contribution is -2.62. The molecule has 2 nitrogen and oxygen atoms in total.